The molecule has 0 unspecified atom stereocenters. The van der Waals surface area contributed by atoms with Crippen molar-refractivity contribution in [2.75, 3.05) is 53.5 Å². The minimum absolute atomic E-state index is 0.359. The highest BCUT2D eigenvalue weighted by atomic mass is 19.1. The van der Waals surface area contributed by atoms with Crippen molar-refractivity contribution in [3.8, 4) is 45.3 Å². The average molecular weight is 607 g/mol. The molecule has 0 aliphatic carbocycles. The predicted octanol–water partition coefficient (Wildman–Crippen LogP) is 5.78. The highest BCUT2D eigenvalue weighted by Crippen LogP contribution is 2.35. The van der Waals surface area contributed by atoms with Crippen LogP contribution in [0.4, 0.5) is 4.39 Å². The lowest BCUT2D eigenvalue weighted by Crippen LogP contribution is -2.25. The van der Waals surface area contributed by atoms with E-state index in [1.54, 1.807) is 24.8 Å². The van der Waals surface area contributed by atoms with Crippen molar-refractivity contribution in [3.63, 3.8) is 0 Å². The lowest BCUT2D eigenvalue weighted by Gasteiger charge is -2.15. The Morgan fingerprint density at radius 1 is 0.889 bits per heavy atom. The number of nitrogens with zero attached hydrogens (tertiary/aromatic N) is 6. The summed E-state index contributed by atoms with van der Waals surface area (Å²) in [5.41, 5.74) is 6.17. The number of pyridine rings is 3. The summed E-state index contributed by atoms with van der Waals surface area (Å²) in [6.07, 6.45) is 9.54. The zero-order chi connectivity index (χ0) is 30.8. The zero-order valence-corrected chi connectivity index (χ0v) is 25.4. The second-order valence-corrected chi connectivity index (χ2v) is 11.6. The first kappa shape index (κ1) is 28.9. The minimum atomic E-state index is -0.359. The van der Waals surface area contributed by atoms with Crippen molar-refractivity contribution < 1.29 is 13.9 Å². The highest BCUT2D eigenvalue weighted by Gasteiger charge is 2.17. The molecule has 1 aliphatic rings. The monoisotopic (exact) mass is 606 g/mol. The van der Waals surface area contributed by atoms with Gasteiger partial charge in [0.25, 0.3) is 0 Å². The molecule has 230 valence electrons. The van der Waals surface area contributed by atoms with Gasteiger partial charge in [-0.15, -0.1) is 0 Å². The van der Waals surface area contributed by atoms with Gasteiger partial charge in [-0.05, 0) is 87.6 Å². The molecule has 0 saturated carbocycles. The van der Waals surface area contributed by atoms with Gasteiger partial charge in [-0.25, -0.2) is 9.37 Å². The Labute approximate surface area is 260 Å². The number of halogens is 1. The van der Waals surface area contributed by atoms with Crippen LogP contribution >= 0.6 is 0 Å². The van der Waals surface area contributed by atoms with Crippen molar-refractivity contribution in [1.82, 2.24) is 39.9 Å². The summed E-state index contributed by atoms with van der Waals surface area (Å²) in [6, 6.07) is 12.6. The number of nitrogens with one attached hydrogen (secondary N) is 2. The topological polar surface area (TPSA) is 108 Å². The largest absolute Gasteiger partial charge is 0.492 e. The number of likely N-dealkylation sites (tertiary alicyclic amines) is 1. The van der Waals surface area contributed by atoms with E-state index in [-0.39, 0.29) is 5.82 Å². The predicted molar refractivity (Wildman–Crippen MR) is 173 cm³/mol. The SMILES string of the molecule is CN(C)CCOc1cc(F)cc(-c2ccnc3[nH]c(-c4n[nH]c5cnc(-c6cncc(OCCN7CCCC7)c6)cc45)cc23)c1. The summed E-state index contributed by atoms with van der Waals surface area (Å²) in [5.74, 6) is 0.849. The Hall–Kier alpha value is -4.87. The van der Waals surface area contributed by atoms with Crippen LogP contribution in [0.3, 0.4) is 0 Å². The Balaban J connectivity index is 1.17. The summed E-state index contributed by atoms with van der Waals surface area (Å²) < 4.78 is 26.5. The number of benzene rings is 1. The maximum absolute atomic E-state index is 14.7. The molecule has 6 aromatic rings. The molecule has 7 rings (SSSR count). The van der Waals surface area contributed by atoms with Gasteiger partial charge in [0.1, 0.15) is 41.9 Å². The van der Waals surface area contributed by atoms with E-state index in [1.165, 1.54) is 25.0 Å². The Morgan fingerprint density at radius 3 is 2.60 bits per heavy atom. The molecule has 0 radical (unpaired) electrons. The van der Waals surface area contributed by atoms with Crippen LogP contribution < -0.4 is 9.47 Å². The first-order valence-corrected chi connectivity index (χ1v) is 15.2. The van der Waals surface area contributed by atoms with Gasteiger partial charge < -0.3 is 19.4 Å². The van der Waals surface area contributed by atoms with Gasteiger partial charge in [0.2, 0.25) is 0 Å². The molecule has 0 spiro atoms. The minimum Gasteiger partial charge on any atom is -0.492 e. The van der Waals surface area contributed by atoms with E-state index in [2.05, 4.69) is 35.0 Å². The van der Waals surface area contributed by atoms with Gasteiger partial charge >= 0.3 is 0 Å². The van der Waals surface area contributed by atoms with Crippen LogP contribution in [0.1, 0.15) is 12.8 Å². The molecule has 0 amide bonds. The quantitative estimate of drug-likeness (QED) is 0.191. The molecule has 10 nitrogen and oxygen atoms in total. The Bertz CT molecular complexity index is 1950. The van der Waals surface area contributed by atoms with Crippen LogP contribution in [0.2, 0.25) is 0 Å². The molecule has 2 N–H and O–H groups in total. The summed E-state index contributed by atoms with van der Waals surface area (Å²) in [7, 11) is 3.94. The summed E-state index contributed by atoms with van der Waals surface area (Å²) in [4.78, 5) is 21.5. The summed E-state index contributed by atoms with van der Waals surface area (Å²) in [5, 5.41) is 9.47. The van der Waals surface area contributed by atoms with E-state index in [4.69, 9.17) is 9.47 Å². The molecule has 1 fully saturated rings. The van der Waals surface area contributed by atoms with E-state index >= 15 is 0 Å². The standard InChI is InChI=1S/C34H35FN8O2/c1-42(2)9-11-44-25-14-22(13-24(35)16-25)27-5-6-37-34-28(27)17-31(39-34)33-29-18-30(38-21-32(29)40-41-33)23-15-26(20-36-19-23)45-12-10-43-7-3-4-8-43/h5-6,13-21H,3-4,7-12H2,1-2H3,(H,37,39)(H,40,41). The third-order valence-electron chi connectivity index (χ3n) is 8.11. The number of hydrogen-bond donors (Lipinski definition) is 2. The molecule has 6 heterocycles. The molecule has 1 aromatic carbocycles. The number of fused-ring (bicyclic) bond motifs is 2. The molecule has 45 heavy (non-hydrogen) atoms. The first-order chi connectivity index (χ1) is 22.0. The fraction of sp³-hybridized carbons (Fsp3) is 0.294. The van der Waals surface area contributed by atoms with Crippen LogP contribution in [0, 0.1) is 5.82 Å². The molecule has 0 bridgehead atoms. The summed E-state index contributed by atoms with van der Waals surface area (Å²) >= 11 is 0. The number of ether oxygens (including phenoxy) is 2. The van der Waals surface area contributed by atoms with Crippen molar-refractivity contribution >= 4 is 21.9 Å². The first-order valence-electron chi connectivity index (χ1n) is 15.2. The lowest BCUT2D eigenvalue weighted by molar-refractivity contribution is 0.237. The molecule has 1 aliphatic heterocycles. The van der Waals surface area contributed by atoms with E-state index < -0.39 is 0 Å². The second kappa shape index (κ2) is 12.6. The van der Waals surface area contributed by atoms with Crippen LogP contribution in [-0.4, -0.2) is 93.4 Å². The molecule has 1 saturated heterocycles. The van der Waals surface area contributed by atoms with Gasteiger partial charge in [-0.3, -0.25) is 20.0 Å². The molecular weight excluding hydrogens is 571 g/mol. The van der Waals surface area contributed by atoms with Gasteiger partial charge in [0, 0.05) is 47.9 Å². The number of aromatic amines is 2. The molecule has 5 aromatic heterocycles. The number of aromatic nitrogens is 6. The Morgan fingerprint density at radius 2 is 1.73 bits per heavy atom. The molecular formula is C34H35FN8O2. The average Bonchev–Trinajstić information content (AvgIpc) is 3.80. The van der Waals surface area contributed by atoms with E-state index in [0.717, 1.165) is 76.4 Å². The van der Waals surface area contributed by atoms with Crippen LogP contribution in [0.5, 0.6) is 11.5 Å². The molecule has 11 heteroatoms. The number of hydrogen-bond acceptors (Lipinski definition) is 8. The van der Waals surface area contributed by atoms with Crippen molar-refractivity contribution in [2.45, 2.75) is 12.8 Å². The second-order valence-electron chi connectivity index (χ2n) is 11.6. The van der Waals surface area contributed by atoms with E-state index in [0.29, 0.717) is 30.2 Å². The maximum atomic E-state index is 14.7. The number of H-pyrrole nitrogens is 2. The van der Waals surface area contributed by atoms with Crippen LogP contribution in [0.25, 0.3) is 55.7 Å². The van der Waals surface area contributed by atoms with Gasteiger partial charge in [-0.2, -0.15) is 5.10 Å². The maximum Gasteiger partial charge on any atom is 0.138 e. The Kier molecular flexibility index (Phi) is 8.10. The fourth-order valence-electron chi connectivity index (χ4n) is 5.77. The third-order valence-corrected chi connectivity index (χ3v) is 8.11. The van der Waals surface area contributed by atoms with Crippen LogP contribution in [-0.2, 0) is 0 Å². The normalized spacial score (nSPS) is 13.8. The number of rotatable bonds is 11. The van der Waals surface area contributed by atoms with Crippen molar-refractivity contribution in [2.24, 2.45) is 0 Å². The van der Waals surface area contributed by atoms with Gasteiger partial charge in [-0.1, -0.05) is 0 Å². The van der Waals surface area contributed by atoms with Crippen LogP contribution in [0.15, 0.2) is 67.3 Å². The summed E-state index contributed by atoms with van der Waals surface area (Å²) in [6.45, 7) is 5.02. The van der Waals surface area contributed by atoms with E-state index in [9.17, 15) is 4.39 Å². The van der Waals surface area contributed by atoms with Crippen molar-refractivity contribution in [1.29, 1.82) is 0 Å². The highest BCUT2D eigenvalue weighted by molar-refractivity contribution is 6.00. The fourth-order valence-corrected chi connectivity index (χ4v) is 5.77. The third kappa shape index (κ3) is 6.36. The molecule has 0 atom stereocenters. The van der Waals surface area contributed by atoms with E-state index in [1.807, 2.05) is 49.3 Å². The van der Waals surface area contributed by atoms with Gasteiger partial charge in [0.05, 0.1) is 29.3 Å². The smallest absolute Gasteiger partial charge is 0.138 e. The van der Waals surface area contributed by atoms with Gasteiger partial charge in [0.15, 0.2) is 0 Å². The lowest BCUT2D eigenvalue weighted by atomic mass is 10.0. The zero-order valence-electron chi connectivity index (χ0n) is 25.4. The van der Waals surface area contributed by atoms with Crippen molar-refractivity contribution in [3.05, 3.63) is 73.1 Å². The number of likely N-dealkylation sites (N-methyl/N-ethyl adjacent to an activating group) is 1.